The molecule has 3 N–H and O–H groups in total. The van der Waals surface area contributed by atoms with Crippen molar-refractivity contribution >= 4 is 18.1 Å². The fourth-order valence-electron chi connectivity index (χ4n) is 0.631. The molecule has 0 saturated heterocycles. The zero-order chi connectivity index (χ0) is 11.6. The van der Waals surface area contributed by atoms with Crippen molar-refractivity contribution in [3.05, 3.63) is 12.4 Å². The maximum atomic E-state index is 9.02. The number of nitrogens with zero attached hydrogens (tertiary/aromatic N) is 2. The van der Waals surface area contributed by atoms with Gasteiger partial charge in [0.25, 0.3) is 0 Å². The SMILES string of the molecule is C=Nc1c(N)cncc1O.CC.CC. The average Bonchev–Trinajstić information content (AvgIpc) is 2.24. The number of aromatic nitrogens is 1. The normalized spacial score (nSPS) is 7.43. The highest BCUT2D eigenvalue weighted by Crippen LogP contribution is 2.29. The third-order valence-corrected chi connectivity index (χ3v) is 1.08. The number of nitrogen functional groups attached to an aromatic ring is 1. The Morgan fingerprint density at radius 1 is 1.29 bits per heavy atom. The Hall–Kier alpha value is -1.58. The number of rotatable bonds is 1. The lowest BCUT2D eigenvalue weighted by Crippen LogP contribution is -1.86. The Kier molecular flexibility index (Phi) is 10.1. The summed E-state index contributed by atoms with van der Waals surface area (Å²) in [4.78, 5) is 7.13. The zero-order valence-electron chi connectivity index (χ0n) is 9.28. The monoisotopic (exact) mass is 197 g/mol. The second-order valence-corrected chi connectivity index (χ2v) is 1.75. The van der Waals surface area contributed by atoms with E-state index in [0.29, 0.717) is 5.69 Å². The van der Waals surface area contributed by atoms with Crippen LogP contribution in [0.1, 0.15) is 27.7 Å². The van der Waals surface area contributed by atoms with Gasteiger partial charge in [0, 0.05) is 0 Å². The quantitative estimate of drug-likeness (QED) is 0.680. The summed E-state index contributed by atoms with van der Waals surface area (Å²) in [5, 5.41) is 9.02. The molecule has 4 heteroatoms. The second-order valence-electron chi connectivity index (χ2n) is 1.75. The summed E-state index contributed by atoms with van der Waals surface area (Å²) in [6.07, 6.45) is 2.67. The fourth-order valence-corrected chi connectivity index (χ4v) is 0.631. The highest BCUT2D eigenvalue weighted by atomic mass is 16.3. The molecule has 1 aromatic rings. The largest absolute Gasteiger partial charge is 0.504 e. The molecular weight excluding hydrogens is 178 g/mol. The predicted molar refractivity (Wildman–Crippen MR) is 62.2 cm³/mol. The Labute approximate surface area is 85.5 Å². The first kappa shape index (κ1) is 14.9. The Bertz CT molecular complexity index is 241. The molecule has 4 nitrogen and oxygen atoms in total. The molecule has 0 unspecified atom stereocenters. The summed E-state index contributed by atoms with van der Waals surface area (Å²) in [6, 6.07) is 0. The third kappa shape index (κ3) is 4.45. The van der Waals surface area contributed by atoms with E-state index in [0.717, 1.165) is 0 Å². The first-order valence-corrected chi connectivity index (χ1v) is 4.65. The topological polar surface area (TPSA) is 71.5 Å². The maximum Gasteiger partial charge on any atom is 0.161 e. The molecule has 0 fully saturated rings. The van der Waals surface area contributed by atoms with Gasteiger partial charge in [-0.25, -0.2) is 0 Å². The minimum atomic E-state index is -0.0463. The van der Waals surface area contributed by atoms with Gasteiger partial charge in [-0.1, -0.05) is 27.7 Å². The standard InChI is InChI=1S/C6H7N3O.2C2H6/c1-8-6-4(7)2-9-3-5(6)10;2*1-2/h2-3,10H,1,7H2;2*1-2H3. The summed E-state index contributed by atoms with van der Waals surface area (Å²) in [5.41, 5.74) is 5.99. The van der Waals surface area contributed by atoms with Crippen LogP contribution >= 0.6 is 0 Å². The van der Waals surface area contributed by atoms with E-state index in [4.69, 9.17) is 10.8 Å². The van der Waals surface area contributed by atoms with Crippen LogP contribution in [0.4, 0.5) is 11.4 Å². The lowest BCUT2D eigenvalue weighted by molar-refractivity contribution is 0.474. The second kappa shape index (κ2) is 9.51. The van der Waals surface area contributed by atoms with Crippen LogP contribution in [0.2, 0.25) is 0 Å². The Morgan fingerprint density at radius 2 is 1.79 bits per heavy atom. The van der Waals surface area contributed by atoms with E-state index in [1.165, 1.54) is 12.4 Å². The molecule has 0 bridgehead atoms. The van der Waals surface area contributed by atoms with Gasteiger partial charge in [-0.3, -0.25) is 9.98 Å². The van der Waals surface area contributed by atoms with E-state index in [2.05, 4.69) is 16.7 Å². The van der Waals surface area contributed by atoms with Crippen molar-refractivity contribution in [1.82, 2.24) is 4.98 Å². The van der Waals surface area contributed by atoms with Gasteiger partial charge in [0.2, 0.25) is 0 Å². The summed E-state index contributed by atoms with van der Waals surface area (Å²) >= 11 is 0. The molecule has 80 valence electrons. The number of hydrogen-bond donors (Lipinski definition) is 2. The highest BCUT2D eigenvalue weighted by molar-refractivity contribution is 5.69. The minimum Gasteiger partial charge on any atom is -0.504 e. The van der Waals surface area contributed by atoms with Gasteiger partial charge in [0.1, 0.15) is 5.69 Å². The van der Waals surface area contributed by atoms with Crippen LogP contribution in [0.5, 0.6) is 5.75 Å². The summed E-state index contributed by atoms with van der Waals surface area (Å²) in [6.45, 7) is 11.2. The molecule has 14 heavy (non-hydrogen) atoms. The molecule has 0 radical (unpaired) electrons. The van der Waals surface area contributed by atoms with E-state index in [1.54, 1.807) is 0 Å². The number of anilines is 1. The number of aliphatic imine (C=N–C) groups is 1. The van der Waals surface area contributed by atoms with E-state index in [1.807, 2.05) is 27.7 Å². The smallest absolute Gasteiger partial charge is 0.161 e. The number of aromatic hydroxyl groups is 1. The third-order valence-electron chi connectivity index (χ3n) is 1.08. The van der Waals surface area contributed by atoms with Crippen LogP contribution in [0.15, 0.2) is 17.4 Å². The molecule has 0 atom stereocenters. The van der Waals surface area contributed by atoms with Crippen LogP contribution in [0.3, 0.4) is 0 Å². The van der Waals surface area contributed by atoms with E-state index in [9.17, 15) is 0 Å². The molecule has 1 heterocycles. The van der Waals surface area contributed by atoms with Crippen LogP contribution in [-0.4, -0.2) is 16.8 Å². The summed E-state index contributed by atoms with van der Waals surface area (Å²) in [7, 11) is 0. The zero-order valence-corrected chi connectivity index (χ0v) is 9.28. The lowest BCUT2D eigenvalue weighted by Gasteiger charge is -1.98. The Morgan fingerprint density at radius 3 is 2.07 bits per heavy atom. The lowest BCUT2D eigenvalue weighted by atomic mass is 10.3. The average molecular weight is 197 g/mol. The Balaban J connectivity index is 0. The number of nitrogens with two attached hydrogens (primary N) is 1. The van der Waals surface area contributed by atoms with Crippen LogP contribution in [0.25, 0.3) is 0 Å². The molecular formula is C10H19N3O. The first-order valence-electron chi connectivity index (χ1n) is 4.65. The molecule has 0 aliphatic rings. The molecule has 0 aliphatic heterocycles. The van der Waals surface area contributed by atoms with Gasteiger partial charge in [0.05, 0.1) is 18.1 Å². The van der Waals surface area contributed by atoms with Crippen molar-refractivity contribution in [2.75, 3.05) is 5.73 Å². The molecule has 0 spiro atoms. The van der Waals surface area contributed by atoms with Crippen LogP contribution in [-0.2, 0) is 0 Å². The van der Waals surface area contributed by atoms with Gasteiger partial charge >= 0.3 is 0 Å². The van der Waals surface area contributed by atoms with Gasteiger partial charge in [-0.05, 0) is 6.72 Å². The molecule has 0 amide bonds. The fraction of sp³-hybridized carbons (Fsp3) is 0.400. The summed E-state index contributed by atoms with van der Waals surface area (Å²) in [5.74, 6) is -0.0463. The van der Waals surface area contributed by atoms with E-state index >= 15 is 0 Å². The van der Waals surface area contributed by atoms with Crippen molar-refractivity contribution in [2.45, 2.75) is 27.7 Å². The van der Waals surface area contributed by atoms with Crippen molar-refractivity contribution < 1.29 is 5.11 Å². The first-order chi connectivity index (χ1) is 6.75. The van der Waals surface area contributed by atoms with Gasteiger partial charge < -0.3 is 10.8 Å². The number of pyridine rings is 1. The van der Waals surface area contributed by atoms with Crippen molar-refractivity contribution in [1.29, 1.82) is 0 Å². The van der Waals surface area contributed by atoms with Crippen molar-refractivity contribution in [2.24, 2.45) is 4.99 Å². The van der Waals surface area contributed by atoms with Gasteiger partial charge in [-0.15, -0.1) is 0 Å². The molecule has 1 aromatic heterocycles. The molecule has 0 saturated carbocycles. The van der Waals surface area contributed by atoms with Gasteiger partial charge in [-0.2, -0.15) is 0 Å². The van der Waals surface area contributed by atoms with Crippen LogP contribution in [0, 0.1) is 0 Å². The van der Waals surface area contributed by atoms with Gasteiger partial charge in [0.15, 0.2) is 5.75 Å². The van der Waals surface area contributed by atoms with Crippen LogP contribution < -0.4 is 5.73 Å². The van der Waals surface area contributed by atoms with E-state index < -0.39 is 0 Å². The maximum absolute atomic E-state index is 9.02. The van der Waals surface area contributed by atoms with Crippen molar-refractivity contribution in [3.8, 4) is 5.75 Å². The molecule has 1 rings (SSSR count). The number of hydrogen-bond acceptors (Lipinski definition) is 4. The molecule has 0 aliphatic carbocycles. The minimum absolute atomic E-state index is 0.0463. The molecule has 0 aromatic carbocycles. The van der Waals surface area contributed by atoms with Crippen molar-refractivity contribution in [3.63, 3.8) is 0 Å². The highest BCUT2D eigenvalue weighted by Gasteiger charge is 2.00. The summed E-state index contributed by atoms with van der Waals surface area (Å²) < 4.78 is 0. The van der Waals surface area contributed by atoms with E-state index in [-0.39, 0.29) is 11.4 Å². The predicted octanol–water partition coefficient (Wildman–Crippen LogP) is 2.75.